The third kappa shape index (κ3) is 5.62. The van der Waals surface area contributed by atoms with Crippen LogP contribution in [-0.2, 0) is 0 Å². The Kier molecular flexibility index (Phi) is 8.03. The van der Waals surface area contributed by atoms with E-state index < -0.39 is 0 Å². The molecule has 0 unspecified atom stereocenters. The van der Waals surface area contributed by atoms with E-state index in [4.69, 9.17) is 19.4 Å². The fraction of sp³-hybridized carbons (Fsp3) is 0. The number of aromatic nitrogens is 5. The lowest BCUT2D eigenvalue weighted by Crippen LogP contribution is -1.99. The molecule has 1 aliphatic rings. The van der Waals surface area contributed by atoms with Crippen molar-refractivity contribution in [3.05, 3.63) is 218 Å². The van der Waals surface area contributed by atoms with Crippen LogP contribution in [0.1, 0.15) is 5.56 Å². The van der Waals surface area contributed by atoms with Gasteiger partial charge in [0.15, 0.2) is 0 Å². The molecule has 7 heteroatoms. The Labute approximate surface area is 366 Å². The van der Waals surface area contributed by atoms with E-state index in [2.05, 4.69) is 159 Å². The zero-order valence-corrected chi connectivity index (χ0v) is 34.2. The van der Waals surface area contributed by atoms with Crippen molar-refractivity contribution in [1.82, 2.24) is 24.1 Å². The molecule has 13 rings (SSSR count). The molecule has 0 aliphatic carbocycles. The fourth-order valence-electron chi connectivity index (χ4n) is 9.57. The lowest BCUT2D eigenvalue weighted by molar-refractivity contribution is 0.669. The highest BCUT2D eigenvalue weighted by atomic mass is 16.3. The Morgan fingerprint density at radius 3 is 1.61 bits per heavy atom. The van der Waals surface area contributed by atoms with Gasteiger partial charge in [0, 0.05) is 74.9 Å². The molecule has 6 aromatic heterocycles. The monoisotopic (exact) mass is 818 g/mol. The number of furan rings is 1. The maximum absolute atomic E-state index is 6.52. The molecule has 1 aliphatic heterocycles. The summed E-state index contributed by atoms with van der Waals surface area (Å²) in [5, 5.41) is 4.22. The van der Waals surface area contributed by atoms with E-state index in [1.807, 2.05) is 67.3 Å². The van der Waals surface area contributed by atoms with Crippen LogP contribution in [-0.4, -0.2) is 29.8 Å². The van der Waals surface area contributed by atoms with Crippen molar-refractivity contribution in [2.75, 3.05) is 0 Å². The summed E-state index contributed by atoms with van der Waals surface area (Å²) in [6, 6.07) is 57.5. The minimum Gasteiger partial charge on any atom is -0.456 e. The molecule has 0 atom stereocenters. The largest absolute Gasteiger partial charge is 0.456 e. The first-order chi connectivity index (χ1) is 31.7. The summed E-state index contributed by atoms with van der Waals surface area (Å²) in [6.07, 6.45) is 13.1. The van der Waals surface area contributed by atoms with Crippen LogP contribution in [0.25, 0.3) is 111 Å². The van der Waals surface area contributed by atoms with Crippen molar-refractivity contribution in [1.29, 1.82) is 0 Å². The van der Waals surface area contributed by atoms with Gasteiger partial charge in [0.25, 0.3) is 0 Å². The number of pyridine rings is 3. The number of aliphatic imine (C=N–C) groups is 1. The van der Waals surface area contributed by atoms with Gasteiger partial charge < -0.3 is 13.6 Å². The maximum Gasteiger partial charge on any atom is 0.135 e. The van der Waals surface area contributed by atoms with Crippen molar-refractivity contribution >= 4 is 71.5 Å². The molecule has 0 bridgehead atoms. The quantitative estimate of drug-likeness (QED) is 0.157. The van der Waals surface area contributed by atoms with E-state index in [0.717, 1.165) is 122 Å². The highest BCUT2D eigenvalue weighted by molar-refractivity contribution is 6.15. The molecule has 6 aromatic carbocycles. The van der Waals surface area contributed by atoms with Crippen LogP contribution < -0.4 is 0 Å². The molecule has 0 spiro atoms. The van der Waals surface area contributed by atoms with E-state index >= 15 is 0 Å². The second-order valence-electron chi connectivity index (χ2n) is 16.0. The van der Waals surface area contributed by atoms with Gasteiger partial charge in [-0.05, 0) is 131 Å². The molecule has 0 amide bonds. The molecule has 12 aromatic rings. The fourth-order valence-corrected chi connectivity index (χ4v) is 9.57. The Morgan fingerprint density at radius 2 is 1.00 bits per heavy atom. The van der Waals surface area contributed by atoms with Crippen LogP contribution in [0, 0.1) is 0 Å². The molecule has 0 N–H and O–H groups in total. The van der Waals surface area contributed by atoms with Crippen LogP contribution in [0.2, 0.25) is 0 Å². The number of benzene rings is 6. The molecule has 0 fully saturated rings. The van der Waals surface area contributed by atoms with Crippen LogP contribution in [0.15, 0.2) is 222 Å². The van der Waals surface area contributed by atoms with Gasteiger partial charge in [0.1, 0.15) is 11.2 Å². The number of nitrogens with zero attached hydrogens (tertiary/aromatic N) is 6. The third-order valence-electron chi connectivity index (χ3n) is 12.4. The minimum atomic E-state index is 0.828. The number of hydrogen-bond acceptors (Lipinski definition) is 5. The average Bonchev–Trinajstić information content (AvgIpc) is 3.91. The number of allylic oxidation sites excluding steroid dienone is 2. The SMILES string of the molecule is C1=CC=CN=C(c2ccccc2-c2ccc3c(c2)c2ncccc2n3-c2ccc3oc4ccc(-n5c6ccc(-c7ccccc7-c7ccccn7)cc6c6ncccc65)cc4c3c2)C=1. The first kappa shape index (κ1) is 35.8. The highest BCUT2D eigenvalue weighted by Gasteiger charge is 2.20. The zero-order chi connectivity index (χ0) is 42.1. The smallest absolute Gasteiger partial charge is 0.135 e. The summed E-state index contributed by atoms with van der Waals surface area (Å²) >= 11 is 0. The van der Waals surface area contributed by atoms with Crippen molar-refractivity contribution in [2.24, 2.45) is 4.99 Å². The van der Waals surface area contributed by atoms with Gasteiger partial charge >= 0.3 is 0 Å². The van der Waals surface area contributed by atoms with E-state index in [1.54, 1.807) is 0 Å². The van der Waals surface area contributed by atoms with Crippen molar-refractivity contribution in [2.45, 2.75) is 0 Å². The lowest BCUT2D eigenvalue weighted by atomic mass is 9.95. The highest BCUT2D eigenvalue weighted by Crippen LogP contribution is 2.40. The van der Waals surface area contributed by atoms with Gasteiger partial charge in [-0.15, -0.1) is 5.73 Å². The van der Waals surface area contributed by atoms with Crippen LogP contribution >= 0.6 is 0 Å². The topological polar surface area (TPSA) is 74.0 Å². The van der Waals surface area contributed by atoms with Crippen molar-refractivity contribution in [3.63, 3.8) is 0 Å². The molecule has 7 nitrogen and oxygen atoms in total. The number of fused-ring (bicyclic) bond motifs is 9. The van der Waals surface area contributed by atoms with Crippen LogP contribution in [0.3, 0.4) is 0 Å². The Hall–Kier alpha value is -8.90. The average molecular weight is 819 g/mol. The second-order valence-corrected chi connectivity index (χ2v) is 16.0. The van der Waals surface area contributed by atoms with Crippen LogP contribution in [0.4, 0.5) is 0 Å². The number of rotatable bonds is 6. The second kappa shape index (κ2) is 14.4. The summed E-state index contributed by atoms with van der Waals surface area (Å²) in [5.74, 6) is 0. The molecular formula is C57H34N6O. The van der Waals surface area contributed by atoms with Crippen molar-refractivity contribution in [3.8, 4) is 44.9 Å². The molecule has 0 saturated heterocycles. The van der Waals surface area contributed by atoms with E-state index in [1.165, 1.54) is 0 Å². The van der Waals surface area contributed by atoms with E-state index in [9.17, 15) is 0 Å². The van der Waals surface area contributed by atoms with Gasteiger partial charge in [-0.25, -0.2) is 0 Å². The van der Waals surface area contributed by atoms with E-state index in [-0.39, 0.29) is 0 Å². The molecule has 64 heavy (non-hydrogen) atoms. The molecule has 7 heterocycles. The third-order valence-corrected chi connectivity index (χ3v) is 12.4. The molecular weight excluding hydrogens is 785 g/mol. The van der Waals surface area contributed by atoms with Gasteiger partial charge in [-0.3, -0.25) is 19.9 Å². The summed E-state index contributed by atoms with van der Waals surface area (Å²) < 4.78 is 11.1. The Bertz CT molecular complexity index is 4010. The van der Waals surface area contributed by atoms with Gasteiger partial charge in [0.05, 0.1) is 44.5 Å². The van der Waals surface area contributed by atoms with E-state index in [0.29, 0.717) is 0 Å². The summed E-state index contributed by atoms with van der Waals surface area (Å²) in [7, 11) is 0. The lowest BCUT2D eigenvalue weighted by Gasteiger charge is -2.11. The summed E-state index contributed by atoms with van der Waals surface area (Å²) in [5.41, 5.74) is 21.4. The predicted octanol–water partition coefficient (Wildman–Crippen LogP) is 14.0. The molecule has 0 radical (unpaired) electrons. The summed E-state index contributed by atoms with van der Waals surface area (Å²) in [6.45, 7) is 0. The summed E-state index contributed by atoms with van der Waals surface area (Å²) in [4.78, 5) is 19.3. The Balaban J connectivity index is 0.948. The van der Waals surface area contributed by atoms with Gasteiger partial charge in [0.2, 0.25) is 0 Å². The first-order valence-corrected chi connectivity index (χ1v) is 21.3. The van der Waals surface area contributed by atoms with Crippen LogP contribution in [0.5, 0.6) is 0 Å². The Morgan fingerprint density at radius 1 is 0.438 bits per heavy atom. The zero-order valence-electron chi connectivity index (χ0n) is 34.2. The van der Waals surface area contributed by atoms with Crippen molar-refractivity contribution < 1.29 is 4.42 Å². The maximum atomic E-state index is 6.52. The standard InChI is InChI=1S/C57H34N6O/c1-2-16-48(58-28-8-1)42-14-5-3-12-40(42)36-20-24-50-46(32-36)56-52(18-10-30-60-56)62(50)38-22-26-54-44(34-38)45-35-39(23-27-55(45)64-54)63-51-25-21-37(33-47(51)57-53(63)19-11-31-61-57)41-13-4-6-15-43(41)49-17-7-9-29-59-49/h1,3-35H. The molecule has 0 saturated carbocycles. The van der Waals surface area contributed by atoms with Gasteiger partial charge in [-0.2, -0.15) is 0 Å². The predicted molar refractivity (Wildman–Crippen MR) is 260 cm³/mol. The number of hydrogen-bond donors (Lipinski definition) is 0. The first-order valence-electron chi connectivity index (χ1n) is 21.3. The molecule has 298 valence electrons. The van der Waals surface area contributed by atoms with Gasteiger partial charge in [-0.1, -0.05) is 66.7 Å². The normalized spacial score (nSPS) is 12.7. The minimum absolute atomic E-state index is 0.828.